The van der Waals surface area contributed by atoms with Crippen molar-refractivity contribution in [1.82, 2.24) is 14.8 Å². The molecule has 1 aliphatic heterocycles. The average molecular weight is 460 g/mol. The third kappa shape index (κ3) is 6.92. The van der Waals surface area contributed by atoms with Gasteiger partial charge < -0.3 is 4.90 Å². The van der Waals surface area contributed by atoms with Gasteiger partial charge in [-0.05, 0) is 61.6 Å². The Morgan fingerprint density at radius 2 is 1.67 bits per heavy atom. The van der Waals surface area contributed by atoms with Gasteiger partial charge in [0.2, 0.25) is 5.91 Å². The Bertz CT molecular complexity index is 976. The lowest BCUT2D eigenvalue weighted by Gasteiger charge is -2.40. The van der Waals surface area contributed by atoms with E-state index in [1.807, 2.05) is 36.7 Å². The molecule has 33 heavy (non-hydrogen) atoms. The maximum Gasteiger partial charge on any atom is 0.232 e. The summed E-state index contributed by atoms with van der Waals surface area (Å²) in [5, 5.41) is 0. The molecule has 0 spiro atoms. The average Bonchev–Trinajstić information content (AvgIpc) is 2.88. The largest absolute Gasteiger partial charge is 0.342 e. The molecule has 1 aliphatic rings. The summed E-state index contributed by atoms with van der Waals surface area (Å²) in [5.74, 6) is 1.34. The van der Waals surface area contributed by atoms with Crippen LogP contribution in [0.3, 0.4) is 0 Å². The van der Waals surface area contributed by atoms with Crippen molar-refractivity contribution < 1.29 is 4.79 Å². The second-order valence-corrected chi connectivity index (χ2v) is 9.90. The Morgan fingerprint density at radius 3 is 2.33 bits per heavy atom. The van der Waals surface area contributed by atoms with Crippen molar-refractivity contribution in [2.75, 3.05) is 25.9 Å². The Kier molecular flexibility index (Phi) is 8.56. The summed E-state index contributed by atoms with van der Waals surface area (Å²) in [5.41, 5.74) is 2.61. The number of thioether (sulfide) groups is 1. The first-order valence-electron chi connectivity index (χ1n) is 11.8. The zero-order chi connectivity index (χ0) is 22.9. The van der Waals surface area contributed by atoms with Gasteiger partial charge in [0.15, 0.2) is 0 Å². The number of piperidine rings is 1. The second-order valence-electron chi connectivity index (χ2n) is 8.85. The highest BCUT2D eigenvalue weighted by Crippen LogP contribution is 2.28. The van der Waals surface area contributed by atoms with Crippen LogP contribution >= 0.6 is 11.8 Å². The SMILES string of the molecule is CN(Cc1cccnc1)[C@@H](Cc1ccccc1)C1CCN(C(=O)CSc2ccccc2)CC1. The van der Waals surface area contributed by atoms with E-state index in [4.69, 9.17) is 0 Å². The van der Waals surface area contributed by atoms with Gasteiger partial charge in [-0.15, -0.1) is 11.8 Å². The molecular weight excluding hydrogens is 426 g/mol. The summed E-state index contributed by atoms with van der Waals surface area (Å²) in [6.45, 7) is 2.59. The molecule has 4 rings (SSSR count). The number of carbonyl (C=O) groups excluding carboxylic acids is 1. The van der Waals surface area contributed by atoms with Crippen LogP contribution in [0.1, 0.15) is 24.0 Å². The van der Waals surface area contributed by atoms with Gasteiger partial charge in [-0.2, -0.15) is 0 Å². The minimum Gasteiger partial charge on any atom is -0.342 e. The number of likely N-dealkylation sites (tertiary alicyclic amines) is 1. The van der Waals surface area contributed by atoms with Gasteiger partial charge in [-0.1, -0.05) is 54.6 Å². The standard InChI is InChI=1S/C28H33N3OS/c1-30(21-24-11-8-16-29-20-24)27(19-23-9-4-2-5-10-23)25-14-17-31(18-15-25)28(32)22-33-26-12-6-3-7-13-26/h2-13,16,20,25,27H,14-15,17-19,21-22H2,1H3/t27-/m0/s1. The topological polar surface area (TPSA) is 36.4 Å². The smallest absolute Gasteiger partial charge is 0.232 e. The molecule has 5 heteroatoms. The summed E-state index contributed by atoms with van der Waals surface area (Å²) in [4.78, 5) is 22.8. The molecule has 0 unspecified atom stereocenters. The van der Waals surface area contributed by atoms with Gasteiger partial charge >= 0.3 is 0 Å². The monoisotopic (exact) mass is 459 g/mol. The lowest BCUT2D eigenvalue weighted by atomic mass is 9.85. The van der Waals surface area contributed by atoms with Crippen LogP contribution in [0.5, 0.6) is 0 Å². The van der Waals surface area contributed by atoms with Crippen LogP contribution in [0.15, 0.2) is 90.1 Å². The lowest BCUT2D eigenvalue weighted by Crippen LogP contribution is -2.46. The molecule has 2 aromatic carbocycles. The van der Waals surface area contributed by atoms with E-state index in [1.54, 1.807) is 11.8 Å². The number of rotatable bonds is 9. The highest BCUT2D eigenvalue weighted by atomic mass is 32.2. The molecule has 0 radical (unpaired) electrons. The molecule has 1 saturated heterocycles. The van der Waals surface area contributed by atoms with Gasteiger partial charge in [0.25, 0.3) is 0 Å². The van der Waals surface area contributed by atoms with E-state index in [1.165, 1.54) is 11.1 Å². The zero-order valence-corrected chi connectivity index (χ0v) is 20.2. The van der Waals surface area contributed by atoms with E-state index in [0.29, 0.717) is 17.7 Å². The van der Waals surface area contributed by atoms with Crippen molar-refractivity contribution in [3.63, 3.8) is 0 Å². The normalized spacial score (nSPS) is 15.5. The predicted molar refractivity (Wildman–Crippen MR) is 136 cm³/mol. The Hall–Kier alpha value is -2.63. The molecule has 0 aliphatic carbocycles. The molecule has 3 aromatic rings. The van der Waals surface area contributed by atoms with E-state index >= 15 is 0 Å². The quantitative estimate of drug-likeness (QED) is 0.415. The summed E-state index contributed by atoms with van der Waals surface area (Å²) < 4.78 is 0. The van der Waals surface area contributed by atoms with E-state index in [0.717, 1.165) is 43.8 Å². The zero-order valence-electron chi connectivity index (χ0n) is 19.3. The maximum absolute atomic E-state index is 12.8. The van der Waals surface area contributed by atoms with Crippen molar-refractivity contribution in [3.05, 3.63) is 96.3 Å². The molecule has 1 amide bonds. The summed E-state index contributed by atoms with van der Waals surface area (Å²) in [6.07, 6.45) is 6.92. The lowest BCUT2D eigenvalue weighted by molar-refractivity contribution is -0.130. The second kappa shape index (κ2) is 12.0. The number of pyridine rings is 1. The number of amides is 1. The van der Waals surface area contributed by atoms with Crippen LogP contribution in [0, 0.1) is 5.92 Å². The summed E-state index contributed by atoms with van der Waals surface area (Å²) >= 11 is 1.63. The highest BCUT2D eigenvalue weighted by molar-refractivity contribution is 8.00. The number of hydrogen-bond acceptors (Lipinski definition) is 4. The minimum absolute atomic E-state index is 0.255. The molecular formula is C28H33N3OS. The van der Waals surface area contributed by atoms with Crippen molar-refractivity contribution in [2.24, 2.45) is 5.92 Å². The van der Waals surface area contributed by atoms with Gasteiger partial charge in [0, 0.05) is 43.0 Å². The van der Waals surface area contributed by atoms with Crippen molar-refractivity contribution in [2.45, 2.75) is 36.7 Å². The predicted octanol–water partition coefficient (Wildman–Crippen LogP) is 5.16. The Balaban J connectivity index is 1.36. The van der Waals surface area contributed by atoms with Gasteiger partial charge in [0.1, 0.15) is 0 Å². The summed E-state index contributed by atoms with van der Waals surface area (Å²) in [6, 6.07) is 25.6. The first-order chi connectivity index (χ1) is 16.2. The molecule has 0 bridgehead atoms. The van der Waals surface area contributed by atoms with Gasteiger partial charge in [-0.3, -0.25) is 14.7 Å². The van der Waals surface area contributed by atoms with Crippen LogP contribution in [-0.4, -0.2) is 52.6 Å². The third-order valence-corrected chi connectivity index (χ3v) is 7.55. The number of likely N-dealkylation sites (N-methyl/N-ethyl adjacent to an activating group) is 1. The summed E-state index contributed by atoms with van der Waals surface area (Å²) in [7, 11) is 2.23. The Labute approximate surface area is 202 Å². The first-order valence-corrected chi connectivity index (χ1v) is 12.8. The molecule has 0 N–H and O–H groups in total. The Morgan fingerprint density at radius 1 is 1.00 bits per heavy atom. The van der Waals surface area contributed by atoms with Gasteiger partial charge in [0.05, 0.1) is 5.75 Å². The van der Waals surface area contributed by atoms with E-state index in [2.05, 4.69) is 70.4 Å². The third-order valence-electron chi connectivity index (χ3n) is 6.55. The molecule has 0 saturated carbocycles. The fourth-order valence-electron chi connectivity index (χ4n) is 4.72. The van der Waals surface area contributed by atoms with Crippen molar-refractivity contribution in [1.29, 1.82) is 0 Å². The van der Waals surface area contributed by atoms with Crippen LogP contribution in [0.25, 0.3) is 0 Å². The fraction of sp³-hybridized carbons (Fsp3) is 0.357. The van der Waals surface area contributed by atoms with E-state index < -0.39 is 0 Å². The van der Waals surface area contributed by atoms with Crippen molar-refractivity contribution >= 4 is 17.7 Å². The highest BCUT2D eigenvalue weighted by Gasteiger charge is 2.31. The number of benzene rings is 2. The molecule has 1 fully saturated rings. The molecule has 172 valence electrons. The number of carbonyl (C=O) groups is 1. The fourth-order valence-corrected chi connectivity index (χ4v) is 5.54. The van der Waals surface area contributed by atoms with E-state index in [9.17, 15) is 4.79 Å². The molecule has 2 heterocycles. The first kappa shape index (κ1) is 23.5. The van der Waals surface area contributed by atoms with E-state index in [-0.39, 0.29) is 5.91 Å². The maximum atomic E-state index is 12.8. The van der Waals surface area contributed by atoms with Crippen molar-refractivity contribution in [3.8, 4) is 0 Å². The number of nitrogens with zero attached hydrogens (tertiary/aromatic N) is 3. The van der Waals surface area contributed by atoms with Gasteiger partial charge in [-0.25, -0.2) is 0 Å². The van der Waals surface area contributed by atoms with Crippen LogP contribution in [-0.2, 0) is 17.8 Å². The minimum atomic E-state index is 0.255. The van der Waals surface area contributed by atoms with Crippen LogP contribution < -0.4 is 0 Å². The van der Waals surface area contributed by atoms with Crippen LogP contribution in [0.4, 0.5) is 0 Å². The molecule has 1 atom stereocenters. The molecule has 4 nitrogen and oxygen atoms in total. The molecule has 1 aromatic heterocycles. The number of hydrogen-bond donors (Lipinski definition) is 0. The number of aromatic nitrogens is 1. The van der Waals surface area contributed by atoms with Crippen LogP contribution in [0.2, 0.25) is 0 Å².